The standard InChI is InChI=1S/C13H17ClN2O/c1-15-12-6-8-16(13(12)17)7-5-10-3-2-4-11(14)9-10/h2-4,9,12,15H,5-8H2,1H3. The summed E-state index contributed by atoms with van der Waals surface area (Å²) in [7, 11) is 1.84. The maximum atomic E-state index is 11.9. The Morgan fingerprint density at radius 1 is 1.53 bits per heavy atom. The summed E-state index contributed by atoms with van der Waals surface area (Å²) in [6, 6.07) is 7.82. The topological polar surface area (TPSA) is 32.3 Å². The van der Waals surface area contributed by atoms with Gasteiger partial charge in [-0.25, -0.2) is 0 Å². The van der Waals surface area contributed by atoms with Gasteiger partial charge in [-0.3, -0.25) is 4.79 Å². The first-order chi connectivity index (χ1) is 8.20. The van der Waals surface area contributed by atoms with Crippen LogP contribution in [0.15, 0.2) is 24.3 Å². The predicted molar refractivity (Wildman–Crippen MR) is 69.2 cm³/mol. The number of likely N-dealkylation sites (N-methyl/N-ethyl adjacent to an activating group) is 1. The van der Waals surface area contributed by atoms with E-state index < -0.39 is 0 Å². The molecule has 1 N–H and O–H groups in total. The lowest BCUT2D eigenvalue weighted by molar-refractivity contribution is -0.129. The van der Waals surface area contributed by atoms with Crippen LogP contribution in [0.5, 0.6) is 0 Å². The lowest BCUT2D eigenvalue weighted by Crippen LogP contribution is -2.37. The number of benzene rings is 1. The number of carbonyl (C=O) groups is 1. The quantitative estimate of drug-likeness (QED) is 0.885. The van der Waals surface area contributed by atoms with E-state index in [1.807, 2.05) is 36.2 Å². The molecule has 0 bridgehead atoms. The third-order valence-electron chi connectivity index (χ3n) is 3.21. The van der Waals surface area contributed by atoms with Gasteiger partial charge in [-0.2, -0.15) is 0 Å². The summed E-state index contributed by atoms with van der Waals surface area (Å²) in [6.45, 7) is 1.63. The van der Waals surface area contributed by atoms with Gasteiger partial charge in [-0.1, -0.05) is 23.7 Å². The van der Waals surface area contributed by atoms with Crippen LogP contribution in [0.1, 0.15) is 12.0 Å². The van der Waals surface area contributed by atoms with Gasteiger partial charge in [0.15, 0.2) is 0 Å². The molecule has 1 amide bonds. The summed E-state index contributed by atoms with van der Waals surface area (Å²) in [5.74, 6) is 0.217. The molecular formula is C13H17ClN2O. The fourth-order valence-corrected chi connectivity index (χ4v) is 2.40. The largest absolute Gasteiger partial charge is 0.341 e. The van der Waals surface area contributed by atoms with E-state index in [9.17, 15) is 4.79 Å². The zero-order valence-corrected chi connectivity index (χ0v) is 10.7. The number of halogens is 1. The number of nitrogens with one attached hydrogen (secondary N) is 1. The molecule has 1 fully saturated rings. The predicted octanol–water partition coefficient (Wildman–Crippen LogP) is 1.70. The Bertz CT molecular complexity index is 408. The first-order valence-electron chi connectivity index (χ1n) is 5.91. The second kappa shape index (κ2) is 5.52. The van der Waals surface area contributed by atoms with Crippen molar-refractivity contribution in [3.05, 3.63) is 34.9 Å². The summed E-state index contributed by atoms with van der Waals surface area (Å²) >= 11 is 5.92. The SMILES string of the molecule is CNC1CCN(CCc2cccc(Cl)c2)C1=O. The molecule has 92 valence electrons. The van der Waals surface area contributed by atoms with Crippen molar-refractivity contribution in [1.82, 2.24) is 10.2 Å². The second-order valence-corrected chi connectivity index (χ2v) is 4.77. The van der Waals surface area contributed by atoms with Gasteiger partial charge in [0, 0.05) is 18.1 Å². The van der Waals surface area contributed by atoms with Gasteiger partial charge in [0.2, 0.25) is 5.91 Å². The number of amides is 1. The molecule has 0 saturated carbocycles. The van der Waals surface area contributed by atoms with Crippen LogP contribution in [0.3, 0.4) is 0 Å². The molecule has 0 aliphatic carbocycles. The van der Waals surface area contributed by atoms with Gasteiger partial charge in [0.1, 0.15) is 0 Å². The number of hydrogen-bond donors (Lipinski definition) is 1. The van der Waals surface area contributed by atoms with Crippen LogP contribution >= 0.6 is 11.6 Å². The van der Waals surface area contributed by atoms with Gasteiger partial charge < -0.3 is 10.2 Å². The van der Waals surface area contributed by atoms with Crippen LogP contribution in [0, 0.1) is 0 Å². The highest BCUT2D eigenvalue weighted by molar-refractivity contribution is 6.30. The number of nitrogens with zero attached hydrogens (tertiary/aromatic N) is 1. The Morgan fingerprint density at radius 3 is 3.00 bits per heavy atom. The molecule has 1 unspecified atom stereocenters. The van der Waals surface area contributed by atoms with E-state index in [0.717, 1.165) is 31.0 Å². The van der Waals surface area contributed by atoms with E-state index in [0.29, 0.717) is 0 Å². The van der Waals surface area contributed by atoms with E-state index in [-0.39, 0.29) is 11.9 Å². The Kier molecular flexibility index (Phi) is 4.02. The third-order valence-corrected chi connectivity index (χ3v) is 3.44. The minimum Gasteiger partial charge on any atom is -0.341 e. The van der Waals surface area contributed by atoms with Crippen LogP contribution in [-0.2, 0) is 11.2 Å². The van der Waals surface area contributed by atoms with E-state index in [1.54, 1.807) is 0 Å². The molecule has 0 spiro atoms. The van der Waals surface area contributed by atoms with Crippen LogP contribution in [0.25, 0.3) is 0 Å². The van der Waals surface area contributed by atoms with Crippen molar-refractivity contribution in [3.63, 3.8) is 0 Å². The Labute approximate surface area is 107 Å². The molecule has 1 heterocycles. The van der Waals surface area contributed by atoms with Gasteiger partial charge in [-0.05, 0) is 37.6 Å². The summed E-state index contributed by atoms with van der Waals surface area (Å²) in [4.78, 5) is 13.8. The molecule has 1 aromatic rings. The van der Waals surface area contributed by atoms with Crippen molar-refractivity contribution >= 4 is 17.5 Å². The first kappa shape index (κ1) is 12.4. The van der Waals surface area contributed by atoms with E-state index in [4.69, 9.17) is 11.6 Å². The highest BCUT2D eigenvalue weighted by atomic mass is 35.5. The summed E-state index contributed by atoms with van der Waals surface area (Å²) in [5, 5.41) is 3.79. The van der Waals surface area contributed by atoms with Crippen molar-refractivity contribution < 1.29 is 4.79 Å². The van der Waals surface area contributed by atoms with Crippen molar-refractivity contribution in [2.45, 2.75) is 18.9 Å². The molecule has 1 aromatic carbocycles. The molecule has 2 rings (SSSR count). The molecule has 1 saturated heterocycles. The van der Waals surface area contributed by atoms with Crippen LogP contribution in [0.2, 0.25) is 5.02 Å². The average molecular weight is 253 g/mol. The van der Waals surface area contributed by atoms with Crippen molar-refractivity contribution in [3.8, 4) is 0 Å². The highest BCUT2D eigenvalue weighted by Gasteiger charge is 2.29. The van der Waals surface area contributed by atoms with E-state index in [2.05, 4.69) is 5.32 Å². The Hall–Kier alpha value is -1.06. The summed E-state index contributed by atoms with van der Waals surface area (Å²) < 4.78 is 0. The minimum absolute atomic E-state index is 0.00867. The maximum absolute atomic E-state index is 11.9. The smallest absolute Gasteiger partial charge is 0.239 e. The number of rotatable bonds is 4. The Balaban J connectivity index is 1.89. The number of likely N-dealkylation sites (tertiary alicyclic amines) is 1. The van der Waals surface area contributed by atoms with Crippen molar-refractivity contribution in [2.24, 2.45) is 0 Å². The minimum atomic E-state index is 0.00867. The maximum Gasteiger partial charge on any atom is 0.239 e. The van der Waals surface area contributed by atoms with Gasteiger partial charge in [0.25, 0.3) is 0 Å². The fraction of sp³-hybridized carbons (Fsp3) is 0.462. The highest BCUT2D eigenvalue weighted by Crippen LogP contribution is 2.14. The van der Waals surface area contributed by atoms with Crippen LogP contribution in [0.4, 0.5) is 0 Å². The Morgan fingerprint density at radius 2 is 2.35 bits per heavy atom. The lowest BCUT2D eigenvalue weighted by Gasteiger charge is -2.16. The number of hydrogen-bond acceptors (Lipinski definition) is 2. The van der Waals surface area contributed by atoms with E-state index in [1.165, 1.54) is 5.56 Å². The summed E-state index contributed by atoms with van der Waals surface area (Å²) in [5.41, 5.74) is 1.18. The normalized spacial score (nSPS) is 20.0. The molecule has 4 heteroatoms. The van der Waals surface area contributed by atoms with Crippen molar-refractivity contribution in [2.75, 3.05) is 20.1 Å². The van der Waals surface area contributed by atoms with Crippen LogP contribution in [-0.4, -0.2) is 37.0 Å². The number of carbonyl (C=O) groups excluding carboxylic acids is 1. The molecule has 0 aromatic heterocycles. The van der Waals surface area contributed by atoms with E-state index >= 15 is 0 Å². The van der Waals surface area contributed by atoms with Gasteiger partial charge in [0.05, 0.1) is 6.04 Å². The third kappa shape index (κ3) is 2.99. The molecule has 0 radical (unpaired) electrons. The molecule has 3 nitrogen and oxygen atoms in total. The average Bonchev–Trinajstić information content (AvgIpc) is 2.67. The van der Waals surface area contributed by atoms with Gasteiger partial charge in [-0.15, -0.1) is 0 Å². The van der Waals surface area contributed by atoms with Gasteiger partial charge >= 0.3 is 0 Å². The lowest BCUT2D eigenvalue weighted by atomic mass is 10.1. The first-order valence-corrected chi connectivity index (χ1v) is 6.29. The zero-order valence-electron chi connectivity index (χ0n) is 9.95. The fourth-order valence-electron chi connectivity index (χ4n) is 2.19. The molecular weight excluding hydrogens is 236 g/mol. The van der Waals surface area contributed by atoms with Crippen LogP contribution < -0.4 is 5.32 Å². The zero-order chi connectivity index (χ0) is 12.3. The molecule has 1 atom stereocenters. The summed E-state index contributed by atoms with van der Waals surface area (Å²) in [6.07, 6.45) is 1.77. The van der Waals surface area contributed by atoms with Crippen molar-refractivity contribution in [1.29, 1.82) is 0 Å². The molecule has 1 aliphatic heterocycles. The second-order valence-electron chi connectivity index (χ2n) is 4.34. The molecule has 1 aliphatic rings. The monoisotopic (exact) mass is 252 g/mol. The molecule has 17 heavy (non-hydrogen) atoms.